The Morgan fingerprint density at radius 3 is 1.78 bits per heavy atom. The van der Waals surface area contributed by atoms with Crippen LogP contribution >= 0.6 is 0 Å². The maximum absolute atomic E-state index is 12.8. The summed E-state index contributed by atoms with van der Waals surface area (Å²) in [4.78, 5) is 32.1. The molecule has 3 aromatic rings. The second kappa shape index (κ2) is 19.6. The lowest BCUT2D eigenvalue weighted by Crippen LogP contribution is -2.36. The van der Waals surface area contributed by atoms with E-state index in [9.17, 15) is 40.3 Å². The maximum Gasteiger partial charge on any atom is 0.298 e. The van der Waals surface area contributed by atoms with Crippen LogP contribution in [0.25, 0.3) is 0 Å². The minimum absolute atomic E-state index is 0.0615. The van der Waals surface area contributed by atoms with Gasteiger partial charge >= 0.3 is 0 Å². The lowest BCUT2D eigenvalue weighted by molar-refractivity contribution is -0.475. The van der Waals surface area contributed by atoms with Gasteiger partial charge in [0.25, 0.3) is 11.6 Å². The average molecular weight is 709 g/mol. The smallest absolute Gasteiger partial charge is 0.298 e. The molecule has 1 aliphatic rings. The molecule has 13 nitrogen and oxygen atoms in total. The highest BCUT2D eigenvalue weighted by molar-refractivity contribution is 5.95. The van der Waals surface area contributed by atoms with Crippen molar-refractivity contribution in [1.29, 1.82) is 0 Å². The fraction of sp³-hybridized carbons (Fsp3) is 0.500. The number of anilines is 1. The summed E-state index contributed by atoms with van der Waals surface area (Å²) >= 11 is 0. The summed E-state index contributed by atoms with van der Waals surface area (Å²) in [5, 5.41) is 62.9. The van der Waals surface area contributed by atoms with Gasteiger partial charge in [-0.1, -0.05) is 42.5 Å². The number of hydrogen-bond donors (Lipinski definition) is 7. The topological polar surface area (TPSA) is 180 Å². The molecule has 1 amide bonds. The van der Waals surface area contributed by atoms with Crippen molar-refractivity contribution in [2.45, 2.75) is 65.0 Å². The normalized spacial score (nSPS) is 16.9. The van der Waals surface area contributed by atoms with Gasteiger partial charge in [0.2, 0.25) is 6.54 Å². The minimum atomic E-state index is -1.60. The Labute approximate surface area is 299 Å². The van der Waals surface area contributed by atoms with Gasteiger partial charge in [0, 0.05) is 46.5 Å². The van der Waals surface area contributed by atoms with Crippen LogP contribution in [0.5, 0.6) is 11.5 Å². The SMILES string of the molecule is Cc1cc(CN2CCCN(Cc3ccccc3)CCCN(Cc3cc(C)cc([N+](=O)CC(O)CO)c3O)CCC2)c(O)c(NC(=O)C(O)CO)c1. The van der Waals surface area contributed by atoms with Crippen LogP contribution in [0.1, 0.15) is 47.1 Å². The molecule has 3 aromatic carbocycles. The zero-order chi connectivity index (χ0) is 36.9. The van der Waals surface area contributed by atoms with Crippen molar-refractivity contribution in [3.63, 3.8) is 0 Å². The maximum atomic E-state index is 12.8. The van der Waals surface area contributed by atoms with E-state index in [1.807, 2.05) is 44.2 Å². The molecule has 0 saturated carbocycles. The van der Waals surface area contributed by atoms with Gasteiger partial charge in [-0.3, -0.25) is 19.5 Å². The van der Waals surface area contributed by atoms with Crippen LogP contribution in [0.4, 0.5) is 11.4 Å². The molecule has 0 aromatic heterocycles. The highest BCUT2D eigenvalue weighted by Gasteiger charge is 2.26. The number of nitroso groups, excluding NO2 is 1. The highest BCUT2D eigenvalue weighted by atomic mass is 16.3. The van der Waals surface area contributed by atoms with Gasteiger partial charge in [-0.05, 0) is 95.1 Å². The number of hydrogen-bond acceptors (Lipinski definition) is 11. The molecule has 278 valence electrons. The number of amides is 1. The number of aryl methyl sites for hydroxylation is 2. The first kappa shape index (κ1) is 39.8. The van der Waals surface area contributed by atoms with Crippen molar-refractivity contribution < 1.29 is 40.2 Å². The summed E-state index contributed by atoms with van der Waals surface area (Å²) in [6.45, 7) is 8.41. The quantitative estimate of drug-likeness (QED) is 0.103. The van der Waals surface area contributed by atoms with E-state index in [0.717, 1.165) is 63.1 Å². The van der Waals surface area contributed by atoms with Gasteiger partial charge in [0.05, 0.1) is 18.9 Å². The van der Waals surface area contributed by atoms with Crippen LogP contribution in [0.2, 0.25) is 0 Å². The molecule has 7 N–H and O–H groups in total. The first-order valence-electron chi connectivity index (χ1n) is 17.7. The van der Waals surface area contributed by atoms with Gasteiger partial charge in [0.15, 0.2) is 11.9 Å². The van der Waals surface area contributed by atoms with E-state index in [0.29, 0.717) is 42.1 Å². The van der Waals surface area contributed by atoms with E-state index in [-0.39, 0.29) is 29.4 Å². The summed E-state index contributed by atoms with van der Waals surface area (Å²) in [5.41, 5.74) is 4.34. The minimum Gasteiger partial charge on any atom is -0.505 e. The zero-order valence-corrected chi connectivity index (χ0v) is 29.7. The Hall–Kier alpha value is -3.95. The number of aliphatic hydroxyl groups is 4. The average Bonchev–Trinajstić information content (AvgIpc) is 3.10. The molecule has 2 unspecified atom stereocenters. The van der Waals surface area contributed by atoms with Gasteiger partial charge < -0.3 is 36.0 Å². The Morgan fingerprint density at radius 2 is 1.25 bits per heavy atom. The monoisotopic (exact) mass is 708 g/mol. The number of carbonyl (C=O) groups excluding carboxylic acids is 1. The van der Waals surface area contributed by atoms with Gasteiger partial charge in [0.1, 0.15) is 11.9 Å². The van der Waals surface area contributed by atoms with E-state index in [1.165, 1.54) is 5.56 Å². The van der Waals surface area contributed by atoms with E-state index in [4.69, 9.17) is 0 Å². The molecule has 1 aliphatic heterocycles. The van der Waals surface area contributed by atoms with Crippen LogP contribution in [-0.4, -0.2) is 127 Å². The predicted molar refractivity (Wildman–Crippen MR) is 195 cm³/mol. The first-order valence-corrected chi connectivity index (χ1v) is 17.7. The van der Waals surface area contributed by atoms with E-state index in [2.05, 4.69) is 32.1 Å². The summed E-state index contributed by atoms with van der Waals surface area (Å²) < 4.78 is 0.523. The number of nitrogens with one attached hydrogen (secondary N) is 1. The summed E-state index contributed by atoms with van der Waals surface area (Å²) in [7, 11) is 0. The van der Waals surface area contributed by atoms with Crippen molar-refractivity contribution in [2.75, 3.05) is 64.3 Å². The van der Waals surface area contributed by atoms with Crippen LogP contribution in [0, 0.1) is 18.8 Å². The fourth-order valence-corrected chi connectivity index (χ4v) is 6.55. The molecule has 2 atom stereocenters. The number of phenolic OH excluding ortho intramolecular Hbond substituents is 2. The van der Waals surface area contributed by atoms with Crippen LogP contribution < -0.4 is 5.32 Å². The molecule has 1 heterocycles. The summed E-state index contributed by atoms with van der Waals surface area (Å²) in [6, 6.07) is 17.3. The fourth-order valence-electron chi connectivity index (χ4n) is 6.55. The second-order valence-corrected chi connectivity index (χ2v) is 13.6. The standard InChI is InChI=1S/C38H53N5O8/c1-27-17-30(36(48)33(19-27)39-38(50)35(47)26-45)22-41-13-6-11-40(21-29-9-4-3-5-10-29)12-7-14-42(16-8-15-41)23-31-18-28(2)20-34(37(31)49)43(51)24-32(46)25-44/h3-5,9-10,17-20,32,35,44-47H,6-8,11-16,21-26H2,1-2H3,(H2-,39,48,49,50,51)/p+1. The molecule has 4 rings (SSSR count). The Kier molecular flexibility index (Phi) is 15.3. The van der Waals surface area contributed by atoms with Gasteiger partial charge in [-0.2, -0.15) is 0 Å². The van der Waals surface area contributed by atoms with Crippen molar-refractivity contribution in [3.8, 4) is 11.5 Å². The number of phenols is 2. The Bertz CT molecular complexity index is 1590. The molecule has 1 saturated heterocycles. The Morgan fingerprint density at radius 1 is 0.745 bits per heavy atom. The Balaban J connectivity index is 1.55. The second-order valence-electron chi connectivity index (χ2n) is 13.6. The van der Waals surface area contributed by atoms with Crippen molar-refractivity contribution in [3.05, 3.63) is 87.3 Å². The third-order valence-corrected chi connectivity index (χ3v) is 9.12. The van der Waals surface area contributed by atoms with E-state index in [1.54, 1.807) is 12.1 Å². The number of carbonyl (C=O) groups is 1. The molecule has 0 radical (unpaired) electrons. The number of aromatic hydroxyl groups is 2. The number of benzene rings is 3. The largest absolute Gasteiger partial charge is 0.505 e. The molecule has 0 spiro atoms. The number of rotatable bonds is 13. The highest BCUT2D eigenvalue weighted by Crippen LogP contribution is 2.33. The third-order valence-electron chi connectivity index (χ3n) is 9.12. The molecule has 51 heavy (non-hydrogen) atoms. The zero-order valence-electron chi connectivity index (χ0n) is 29.7. The van der Waals surface area contributed by atoms with Crippen molar-refractivity contribution >= 4 is 17.3 Å². The third kappa shape index (κ3) is 12.1. The van der Waals surface area contributed by atoms with Crippen molar-refractivity contribution in [1.82, 2.24) is 14.7 Å². The lowest BCUT2D eigenvalue weighted by Gasteiger charge is -2.30. The van der Waals surface area contributed by atoms with Gasteiger partial charge in [-0.15, -0.1) is 0 Å². The summed E-state index contributed by atoms with van der Waals surface area (Å²) in [5.74, 6) is -1.02. The predicted octanol–water partition coefficient (Wildman–Crippen LogP) is 2.76. The molecule has 0 aliphatic carbocycles. The lowest BCUT2D eigenvalue weighted by atomic mass is 10.1. The molecule has 0 bridgehead atoms. The number of aliphatic hydroxyl groups excluding tert-OH is 4. The molecular formula is C38H54N5O8+. The molecule has 1 fully saturated rings. The van der Waals surface area contributed by atoms with Crippen LogP contribution in [-0.2, 0) is 24.4 Å². The molecular weight excluding hydrogens is 654 g/mol. The van der Waals surface area contributed by atoms with Crippen LogP contribution in [0.3, 0.4) is 0 Å². The van der Waals surface area contributed by atoms with E-state index >= 15 is 0 Å². The van der Waals surface area contributed by atoms with Crippen molar-refractivity contribution in [2.24, 2.45) is 0 Å². The van der Waals surface area contributed by atoms with Crippen LogP contribution in [0.15, 0.2) is 54.6 Å². The van der Waals surface area contributed by atoms with Gasteiger partial charge in [-0.25, -0.2) is 0 Å². The number of nitrogens with zero attached hydrogens (tertiary/aromatic N) is 4. The summed E-state index contributed by atoms with van der Waals surface area (Å²) in [6.07, 6.45) is -0.219. The molecule has 13 heteroatoms. The first-order chi connectivity index (χ1) is 24.5. The van der Waals surface area contributed by atoms with E-state index < -0.39 is 31.3 Å².